The minimum atomic E-state index is -0.126. The first-order chi connectivity index (χ1) is 17.3. The maximum atomic E-state index is 4.72. The predicted octanol–water partition coefficient (Wildman–Crippen LogP) is 3.78. The third-order valence-corrected chi connectivity index (χ3v) is 8.56. The molecule has 1 aromatic heterocycles. The van der Waals surface area contributed by atoms with E-state index in [0.29, 0.717) is 0 Å². The fraction of sp³-hybridized carbons (Fsp3) is 0.536. The summed E-state index contributed by atoms with van der Waals surface area (Å²) in [6, 6.07) is 22.2. The quantitative estimate of drug-likeness (QED) is 0.545. The normalized spacial score (nSPS) is 22.0. The van der Waals surface area contributed by atoms with Gasteiger partial charge in [-0.3, -0.25) is 9.80 Å². The standard InChI is InChI=1S/C28H37N7/c1-3-9-24(10-4-1)23-35-27(29-30-31-35)28(15-19-33(20-16-28)25-11-5-2-6-12-25)34-18-8-17-32(21-22-34)26-13-7-14-26/h1-6,9-12,26H,7-8,13-23H2. The zero-order valence-electron chi connectivity index (χ0n) is 20.7. The van der Waals surface area contributed by atoms with E-state index in [2.05, 4.69) is 90.5 Å². The van der Waals surface area contributed by atoms with Gasteiger partial charge in [0.05, 0.1) is 12.1 Å². The molecule has 35 heavy (non-hydrogen) atoms. The highest BCUT2D eigenvalue weighted by Crippen LogP contribution is 2.40. The van der Waals surface area contributed by atoms with Gasteiger partial charge >= 0.3 is 0 Å². The van der Waals surface area contributed by atoms with Gasteiger partial charge in [0.25, 0.3) is 0 Å². The Kier molecular flexibility index (Phi) is 6.53. The third kappa shape index (κ3) is 4.59. The SMILES string of the molecule is c1ccc(Cn2nnnc2C2(N3CCCN(C4CCC4)CC3)CCN(c3ccccc3)CC2)cc1. The number of nitrogens with zero attached hydrogens (tertiary/aromatic N) is 7. The molecule has 0 radical (unpaired) electrons. The van der Waals surface area contributed by atoms with Crippen molar-refractivity contribution in [2.75, 3.05) is 44.2 Å². The van der Waals surface area contributed by atoms with Crippen molar-refractivity contribution in [2.24, 2.45) is 0 Å². The van der Waals surface area contributed by atoms with Crippen LogP contribution in [-0.4, -0.2) is 75.3 Å². The topological polar surface area (TPSA) is 53.3 Å². The number of anilines is 1. The summed E-state index contributed by atoms with van der Waals surface area (Å²) < 4.78 is 2.07. The van der Waals surface area contributed by atoms with Crippen molar-refractivity contribution in [3.05, 3.63) is 72.1 Å². The molecule has 3 heterocycles. The molecule has 0 bridgehead atoms. The van der Waals surface area contributed by atoms with E-state index in [-0.39, 0.29) is 5.54 Å². The van der Waals surface area contributed by atoms with E-state index >= 15 is 0 Å². The lowest BCUT2D eigenvalue weighted by molar-refractivity contribution is 0.0462. The minimum Gasteiger partial charge on any atom is -0.371 e. The van der Waals surface area contributed by atoms with Gasteiger partial charge < -0.3 is 4.90 Å². The summed E-state index contributed by atoms with van der Waals surface area (Å²) in [5.74, 6) is 1.05. The molecule has 0 amide bonds. The molecule has 2 saturated heterocycles. The Morgan fingerprint density at radius 2 is 1.51 bits per heavy atom. The van der Waals surface area contributed by atoms with Crippen LogP contribution in [0.25, 0.3) is 0 Å². The second-order valence-corrected chi connectivity index (χ2v) is 10.5. The Labute approximate surface area is 208 Å². The van der Waals surface area contributed by atoms with E-state index in [9.17, 15) is 0 Å². The van der Waals surface area contributed by atoms with E-state index in [0.717, 1.165) is 64.0 Å². The van der Waals surface area contributed by atoms with E-state index in [1.54, 1.807) is 0 Å². The third-order valence-electron chi connectivity index (χ3n) is 8.56. The second-order valence-electron chi connectivity index (χ2n) is 10.5. The van der Waals surface area contributed by atoms with Crippen LogP contribution >= 0.6 is 0 Å². The molecule has 184 valence electrons. The zero-order valence-corrected chi connectivity index (χ0v) is 20.7. The summed E-state index contributed by atoms with van der Waals surface area (Å²) in [4.78, 5) is 8.03. The van der Waals surface area contributed by atoms with Crippen molar-refractivity contribution in [2.45, 2.75) is 56.7 Å². The maximum absolute atomic E-state index is 4.72. The van der Waals surface area contributed by atoms with Crippen molar-refractivity contribution >= 4 is 5.69 Å². The molecule has 7 heteroatoms. The van der Waals surface area contributed by atoms with E-state index in [1.807, 2.05) is 0 Å². The molecule has 3 aliphatic rings. The molecule has 6 rings (SSSR count). The van der Waals surface area contributed by atoms with Gasteiger partial charge in [0, 0.05) is 44.5 Å². The number of benzene rings is 2. The van der Waals surface area contributed by atoms with Gasteiger partial charge in [-0.2, -0.15) is 0 Å². The monoisotopic (exact) mass is 471 g/mol. The van der Waals surface area contributed by atoms with Gasteiger partial charge in [-0.15, -0.1) is 5.10 Å². The molecule has 1 saturated carbocycles. The molecule has 0 spiro atoms. The Bertz CT molecular complexity index is 1070. The summed E-state index contributed by atoms with van der Waals surface area (Å²) >= 11 is 0. The van der Waals surface area contributed by atoms with Crippen LogP contribution in [0.15, 0.2) is 60.7 Å². The Balaban J connectivity index is 1.28. The molecule has 0 N–H and O–H groups in total. The first-order valence-corrected chi connectivity index (χ1v) is 13.4. The van der Waals surface area contributed by atoms with Crippen LogP contribution in [0.4, 0.5) is 5.69 Å². The summed E-state index contributed by atoms with van der Waals surface area (Å²) in [5.41, 5.74) is 2.43. The number of tetrazole rings is 1. The molecular weight excluding hydrogens is 434 g/mol. The molecule has 2 aromatic carbocycles. The lowest BCUT2D eigenvalue weighted by Crippen LogP contribution is -2.56. The van der Waals surface area contributed by atoms with Crippen LogP contribution < -0.4 is 4.90 Å². The van der Waals surface area contributed by atoms with Crippen molar-refractivity contribution in [1.82, 2.24) is 30.0 Å². The van der Waals surface area contributed by atoms with E-state index in [4.69, 9.17) is 5.10 Å². The highest BCUT2D eigenvalue weighted by molar-refractivity contribution is 5.46. The van der Waals surface area contributed by atoms with Crippen molar-refractivity contribution in [3.63, 3.8) is 0 Å². The van der Waals surface area contributed by atoms with E-state index < -0.39 is 0 Å². The molecule has 3 aromatic rings. The number of piperidine rings is 1. The Hall–Kier alpha value is -2.77. The molecule has 7 nitrogen and oxygen atoms in total. The van der Waals surface area contributed by atoms with Gasteiger partial charge in [-0.25, -0.2) is 4.68 Å². The molecule has 1 aliphatic carbocycles. The van der Waals surface area contributed by atoms with Gasteiger partial charge in [-0.05, 0) is 66.8 Å². The van der Waals surface area contributed by atoms with Crippen LogP contribution in [0.2, 0.25) is 0 Å². The predicted molar refractivity (Wildman–Crippen MR) is 138 cm³/mol. The van der Waals surface area contributed by atoms with Crippen LogP contribution in [0.3, 0.4) is 0 Å². The summed E-state index contributed by atoms with van der Waals surface area (Å²) in [6.45, 7) is 7.36. The number of aromatic nitrogens is 4. The highest BCUT2D eigenvalue weighted by Gasteiger charge is 2.46. The molecule has 0 unspecified atom stereocenters. The van der Waals surface area contributed by atoms with Crippen LogP contribution in [0.5, 0.6) is 0 Å². The summed E-state index contributed by atoms with van der Waals surface area (Å²) in [6.07, 6.45) is 7.47. The largest absolute Gasteiger partial charge is 0.371 e. The highest BCUT2D eigenvalue weighted by atomic mass is 15.6. The molecule has 3 fully saturated rings. The number of hydrogen-bond donors (Lipinski definition) is 0. The summed E-state index contributed by atoms with van der Waals surface area (Å²) in [7, 11) is 0. The van der Waals surface area contributed by atoms with Crippen molar-refractivity contribution < 1.29 is 0 Å². The fourth-order valence-corrected chi connectivity index (χ4v) is 6.34. The first-order valence-electron chi connectivity index (χ1n) is 13.4. The smallest absolute Gasteiger partial charge is 0.172 e. The lowest BCUT2D eigenvalue weighted by Gasteiger charge is -2.48. The van der Waals surface area contributed by atoms with Gasteiger partial charge in [-0.1, -0.05) is 55.0 Å². The van der Waals surface area contributed by atoms with Crippen LogP contribution in [-0.2, 0) is 12.1 Å². The number of rotatable bonds is 6. The maximum Gasteiger partial charge on any atom is 0.172 e. The van der Waals surface area contributed by atoms with Gasteiger partial charge in [0.15, 0.2) is 5.82 Å². The fourth-order valence-electron chi connectivity index (χ4n) is 6.34. The minimum absolute atomic E-state index is 0.126. The zero-order chi connectivity index (χ0) is 23.5. The Morgan fingerprint density at radius 1 is 0.771 bits per heavy atom. The van der Waals surface area contributed by atoms with Crippen LogP contribution in [0, 0.1) is 0 Å². The average Bonchev–Trinajstić information content (AvgIpc) is 3.21. The molecule has 0 atom stereocenters. The number of para-hydroxylation sites is 1. The van der Waals surface area contributed by atoms with Crippen molar-refractivity contribution in [1.29, 1.82) is 0 Å². The lowest BCUT2D eigenvalue weighted by atomic mass is 9.83. The molecular formula is C28H37N7. The Morgan fingerprint density at radius 3 is 2.23 bits per heavy atom. The van der Waals surface area contributed by atoms with Gasteiger partial charge in [0.1, 0.15) is 0 Å². The average molecular weight is 472 g/mol. The van der Waals surface area contributed by atoms with E-state index in [1.165, 1.54) is 43.5 Å². The van der Waals surface area contributed by atoms with Gasteiger partial charge in [0.2, 0.25) is 0 Å². The summed E-state index contributed by atoms with van der Waals surface area (Å²) in [5, 5.41) is 13.4. The first kappa shape index (κ1) is 22.7. The second kappa shape index (κ2) is 10.1. The number of hydrogen-bond acceptors (Lipinski definition) is 6. The van der Waals surface area contributed by atoms with Crippen molar-refractivity contribution in [3.8, 4) is 0 Å². The molecule has 2 aliphatic heterocycles. The van der Waals surface area contributed by atoms with Crippen LogP contribution in [0.1, 0.15) is 49.9 Å².